The molecule has 2 N–H and O–H groups in total. The van der Waals surface area contributed by atoms with Crippen molar-refractivity contribution in [3.05, 3.63) is 65.7 Å². The predicted octanol–water partition coefficient (Wildman–Crippen LogP) is 1.76. The molecule has 0 aliphatic rings. The number of carbonyl (C=O) groups is 1. The second-order valence-corrected chi connectivity index (χ2v) is 6.41. The van der Waals surface area contributed by atoms with Gasteiger partial charge in [0.15, 0.2) is 0 Å². The molecule has 0 radical (unpaired) electrons. The lowest BCUT2D eigenvalue weighted by atomic mass is 10.1. The van der Waals surface area contributed by atoms with Crippen LogP contribution in [0.3, 0.4) is 0 Å². The Labute approximate surface area is 132 Å². The van der Waals surface area contributed by atoms with Crippen molar-refractivity contribution in [1.82, 2.24) is 5.32 Å². The Bertz CT molecular complexity index is 641. The zero-order chi connectivity index (χ0) is 15.9. The van der Waals surface area contributed by atoms with Crippen LogP contribution in [0.4, 0.5) is 0 Å². The molecule has 0 aliphatic heterocycles. The van der Waals surface area contributed by atoms with Gasteiger partial charge in [0, 0.05) is 40.5 Å². The summed E-state index contributed by atoms with van der Waals surface area (Å²) in [4.78, 5) is 12.7. The fraction of sp³-hybridized carbons (Fsp3) is 0.235. The molecule has 2 aromatic carbocycles. The van der Waals surface area contributed by atoms with Crippen molar-refractivity contribution in [2.24, 2.45) is 0 Å². The average molecular weight is 317 g/mol. The van der Waals surface area contributed by atoms with Gasteiger partial charge >= 0.3 is 0 Å². The van der Waals surface area contributed by atoms with Crippen LogP contribution >= 0.6 is 0 Å². The lowest BCUT2D eigenvalue weighted by Gasteiger charge is -2.12. The van der Waals surface area contributed by atoms with Crippen LogP contribution in [0.15, 0.2) is 59.5 Å². The zero-order valence-corrected chi connectivity index (χ0v) is 13.2. The third-order valence-corrected chi connectivity index (χ3v) is 4.20. The topological polar surface area (TPSA) is 66.4 Å². The Morgan fingerprint density at radius 1 is 1.14 bits per heavy atom. The van der Waals surface area contributed by atoms with Crippen molar-refractivity contribution in [3.63, 3.8) is 0 Å². The SMILES string of the molecule is CS(=O)c1ccc(C(=O)NCC(O)Cc2ccccc2)cc1. The molecule has 116 valence electrons. The van der Waals surface area contributed by atoms with Crippen molar-refractivity contribution in [2.75, 3.05) is 12.8 Å². The first kappa shape index (κ1) is 16.4. The summed E-state index contributed by atoms with van der Waals surface area (Å²) in [7, 11) is -1.06. The van der Waals surface area contributed by atoms with Crippen LogP contribution < -0.4 is 5.32 Å². The zero-order valence-electron chi connectivity index (χ0n) is 12.4. The van der Waals surface area contributed by atoms with Gasteiger partial charge in [-0.15, -0.1) is 0 Å². The van der Waals surface area contributed by atoms with E-state index in [-0.39, 0.29) is 12.5 Å². The highest BCUT2D eigenvalue weighted by molar-refractivity contribution is 7.84. The third-order valence-electron chi connectivity index (χ3n) is 3.26. The molecule has 22 heavy (non-hydrogen) atoms. The van der Waals surface area contributed by atoms with Crippen LogP contribution in [0.1, 0.15) is 15.9 Å². The fourth-order valence-electron chi connectivity index (χ4n) is 2.07. The molecule has 0 aliphatic carbocycles. The summed E-state index contributed by atoms with van der Waals surface area (Å²) in [6.07, 6.45) is 1.46. The van der Waals surface area contributed by atoms with Crippen molar-refractivity contribution in [3.8, 4) is 0 Å². The molecule has 2 atom stereocenters. The van der Waals surface area contributed by atoms with E-state index in [0.29, 0.717) is 16.9 Å². The van der Waals surface area contributed by atoms with Gasteiger partial charge in [0.2, 0.25) is 0 Å². The molecule has 2 aromatic rings. The number of hydrogen-bond donors (Lipinski definition) is 2. The van der Waals surface area contributed by atoms with Gasteiger partial charge in [-0.25, -0.2) is 0 Å². The van der Waals surface area contributed by atoms with Gasteiger partial charge in [-0.2, -0.15) is 0 Å². The summed E-state index contributed by atoms with van der Waals surface area (Å²) in [5.74, 6) is -0.249. The first-order chi connectivity index (χ1) is 10.6. The molecule has 0 saturated heterocycles. The summed E-state index contributed by atoms with van der Waals surface area (Å²) >= 11 is 0. The number of amides is 1. The first-order valence-corrected chi connectivity index (χ1v) is 8.56. The molecule has 5 heteroatoms. The smallest absolute Gasteiger partial charge is 0.251 e. The number of carbonyl (C=O) groups excluding carboxylic acids is 1. The summed E-state index contributed by atoms with van der Waals surface area (Å²) in [5, 5.41) is 12.7. The largest absolute Gasteiger partial charge is 0.391 e. The highest BCUT2D eigenvalue weighted by Gasteiger charge is 2.10. The van der Waals surface area contributed by atoms with E-state index >= 15 is 0 Å². The minimum Gasteiger partial charge on any atom is -0.391 e. The maximum Gasteiger partial charge on any atom is 0.251 e. The molecule has 0 heterocycles. The molecule has 0 spiro atoms. The van der Waals surface area contributed by atoms with Gasteiger partial charge in [-0.05, 0) is 29.8 Å². The molecule has 0 bridgehead atoms. The van der Waals surface area contributed by atoms with Crippen LogP contribution in [-0.4, -0.2) is 34.1 Å². The van der Waals surface area contributed by atoms with Gasteiger partial charge in [-0.3, -0.25) is 9.00 Å². The van der Waals surface area contributed by atoms with Crippen LogP contribution in [-0.2, 0) is 17.2 Å². The fourth-order valence-corrected chi connectivity index (χ4v) is 2.59. The Hall–Kier alpha value is -1.98. The van der Waals surface area contributed by atoms with E-state index in [4.69, 9.17) is 0 Å². The van der Waals surface area contributed by atoms with Crippen LogP contribution in [0.2, 0.25) is 0 Å². The van der Waals surface area contributed by atoms with E-state index in [1.165, 1.54) is 0 Å². The predicted molar refractivity (Wildman–Crippen MR) is 87.3 cm³/mol. The maximum absolute atomic E-state index is 12.0. The number of benzene rings is 2. The minimum atomic E-state index is -1.06. The Morgan fingerprint density at radius 2 is 1.77 bits per heavy atom. The van der Waals surface area contributed by atoms with Crippen molar-refractivity contribution < 1.29 is 14.1 Å². The molecule has 1 amide bonds. The molecule has 2 rings (SSSR count). The summed E-state index contributed by atoms with van der Waals surface area (Å²) in [5.41, 5.74) is 1.51. The van der Waals surface area contributed by atoms with E-state index in [2.05, 4.69) is 5.32 Å². The molecular formula is C17H19NO3S. The summed E-state index contributed by atoms with van der Waals surface area (Å²) in [6.45, 7) is 0.190. The van der Waals surface area contributed by atoms with Crippen LogP contribution in [0, 0.1) is 0 Å². The highest BCUT2D eigenvalue weighted by Crippen LogP contribution is 2.08. The second kappa shape index (κ2) is 7.87. The van der Waals surface area contributed by atoms with Crippen LogP contribution in [0.25, 0.3) is 0 Å². The van der Waals surface area contributed by atoms with E-state index in [1.54, 1.807) is 30.5 Å². The van der Waals surface area contributed by atoms with Crippen molar-refractivity contribution in [2.45, 2.75) is 17.4 Å². The van der Waals surface area contributed by atoms with E-state index < -0.39 is 16.9 Å². The highest BCUT2D eigenvalue weighted by atomic mass is 32.2. The quantitative estimate of drug-likeness (QED) is 0.853. The Balaban J connectivity index is 1.85. The third kappa shape index (κ3) is 4.79. The number of nitrogens with one attached hydrogen (secondary N) is 1. The van der Waals surface area contributed by atoms with Gasteiger partial charge in [-0.1, -0.05) is 30.3 Å². The molecule has 0 fully saturated rings. The number of hydrogen-bond acceptors (Lipinski definition) is 3. The van der Waals surface area contributed by atoms with Crippen molar-refractivity contribution >= 4 is 16.7 Å². The molecule has 0 aromatic heterocycles. The van der Waals surface area contributed by atoms with Gasteiger partial charge in [0.1, 0.15) is 0 Å². The standard InChI is InChI=1S/C17H19NO3S/c1-22(21)16-9-7-14(8-10-16)17(20)18-12-15(19)11-13-5-3-2-4-6-13/h2-10,15,19H,11-12H2,1H3,(H,18,20). The lowest BCUT2D eigenvalue weighted by Crippen LogP contribution is -2.33. The Kier molecular flexibility index (Phi) is 5.86. The molecule has 0 saturated carbocycles. The van der Waals surface area contributed by atoms with Gasteiger partial charge < -0.3 is 10.4 Å². The molecule has 4 nitrogen and oxygen atoms in total. The number of aliphatic hydroxyl groups excluding tert-OH is 1. The number of aliphatic hydroxyl groups is 1. The lowest BCUT2D eigenvalue weighted by molar-refractivity contribution is 0.0916. The summed E-state index contributed by atoms with van der Waals surface area (Å²) in [6, 6.07) is 16.2. The van der Waals surface area contributed by atoms with E-state index in [0.717, 1.165) is 5.56 Å². The van der Waals surface area contributed by atoms with Crippen molar-refractivity contribution in [1.29, 1.82) is 0 Å². The van der Waals surface area contributed by atoms with Gasteiger partial charge in [0.25, 0.3) is 5.91 Å². The number of rotatable bonds is 6. The minimum absolute atomic E-state index is 0.190. The van der Waals surface area contributed by atoms with E-state index in [9.17, 15) is 14.1 Å². The van der Waals surface area contributed by atoms with Gasteiger partial charge in [0.05, 0.1) is 6.10 Å². The monoisotopic (exact) mass is 317 g/mol. The normalized spacial score (nSPS) is 13.4. The Morgan fingerprint density at radius 3 is 2.36 bits per heavy atom. The second-order valence-electron chi connectivity index (χ2n) is 5.03. The van der Waals surface area contributed by atoms with E-state index in [1.807, 2.05) is 30.3 Å². The molecular weight excluding hydrogens is 298 g/mol. The van der Waals surface area contributed by atoms with Crippen LogP contribution in [0.5, 0.6) is 0 Å². The average Bonchev–Trinajstić information content (AvgIpc) is 2.53. The summed E-state index contributed by atoms with van der Waals surface area (Å²) < 4.78 is 11.3. The maximum atomic E-state index is 12.0. The molecule has 2 unspecified atom stereocenters. The first-order valence-electron chi connectivity index (χ1n) is 7.00.